The van der Waals surface area contributed by atoms with Crippen molar-refractivity contribution in [3.63, 3.8) is 0 Å². The Balaban J connectivity index is 1.45. The van der Waals surface area contributed by atoms with Crippen LogP contribution in [0.25, 0.3) is 11.0 Å². The minimum atomic E-state index is -0.941. The predicted octanol–water partition coefficient (Wildman–Crippen LogP) is 4.78. The maximum absolute atomic E-state index is 13.4. The molecule has 0 saturated heterocycles. The smallest absolute Gasteiger partial charge is 0.232 e. The van der Waals surface area contributed by atoms with E-state index in [1.54, 1.807) is 0 Å². The maximum Gasteiger partial charge on any atom is 0.232 e. The van der Waals surface area contributed by atoms with Crippen LogP contribution < -0.4 is 5.32 Å². The Kier molecular flexibility index (Phi) is 3.02. The first-order chi connectivity index (χ1) is 12.2. The highest BCUT2D eigenvalue weighted by Gasteiger charge is 2.62. The lowest BCUT2D eigenvalue weighted by Gasteiger charge is -2.64. The second kappa shape index (κ2) is 4.84. The van der Waals surface area contributed by atoms with Gasteiger partial charge in [0.15, 0.2) is 11.6 Å². The zero-order valence-corrected chi connectivity index (χ0v) is 15.1. The average Bonchev–Trinajstić information content (AvgIpc) is 2.85. The first-order valence-corrected chi connectivity index (χ1v) is 9.34. The Labute approximate surface area is 150 Å². The number of fused-ring (bicyclic) bond motifs is 1. The van der Waals surface area contributed by atoms with Gasteiger partial charge < -0.3 is 4.98 Å². The predicted molar refractivity (Wildman–Crippen MR) is 94.5 cm³/mol. The minimum Gasteiger partial charge on any atom is -0.324 e. The van der Waals surface area contributed by atoms with E-state index in [9.17, 15) is 13.6 Å². The minimum absolute atomic E-state index is 0.000880. The summed E-state index contributed by atoms with van der Waals surface area (Å²) in [6.07, 6.45) is 6.42. The number of carbonyl (C=O) groups excluding carboxylic acids is 1. The number of nitrogens with zero attached hydrogens (tertiary/aromatic N) is 1. The number of benzene rings is 1. The summed E-state index contributed by atoms with van der Waals surface area (Å²) < 4.78 is 26.8. The summed E-state index contributed by atoms with van der Waals surface area (Å²) in [5, 5.41) is 2.91. The number of rotatable bonds is 2. The Morgan fingerprint density at radius 1 is 1.12 bits per heavy atom. The molecule has 4 nitrogen and oxygen atoms in total. The highest BCUT2D eigenvalue weighted by molar-refractivity contribution is 5.95. The monoisotopic (exact) mass is 359 g/mol. The number of nitrogens with one attached hydrogen (secondary N) is 2. The van der Waals surface area contributed by atoms with Crippen molar-refractivity contribution in [2.45, 2.75) is 52.4 Å². The molecule has 4 aliphatic rings. The van der Waals surface area contributed by atoms with Gasteiger partial charge in [-0.05, 0) is 55.3 Å². The van der Waals surface area contributed by atoms with Gasteiger partial charge in [-0.2, -0.15) is 0 Å². The van der Waals surface area contributed by atoms with Gasteiger partial charge in [0.1, 0.15) is 0 Å². The lowest BCUT2D eigenvalue weighted by atomic mass is 9.40. The van der Waals surface area contributed by atoms with Gasteiger partial charge in [0.25, 0.3) is 0 Å². The molecule has 138 valence electrons. The molecular formula is C20H23F2N3O. The van der Waals surface area contributed by atoms with Crippen LogP contribution >= 0.6 is 0 Å². The summed E-state index contributed by atoms with van der Waals surface area (Å²) >= 11 is 0. The lowest BCUT2D eigenvalue weighted by molar-refractivity contribution is -0.165. The van der Waals surface area contributed by atoms with E-state index in [1.165, 1.54) is 19.3 Å². The summed E-state index contributed by atoms with van der Waals surface area (Å²) in [4.78, 5) is 20.4. The first-order valence-electron chi connectivity index (χ1n) is 9.34. The summed E-state index contributed by atoms with van der Waals surface area (Å²) in [6, 6.07) is 2.11. The van der Waals surface area contributed by atoms with Crippen LogP contribution in [0.5, 0.6) is 0 Å². The van der Waals surface area contributed by atoms with Gasteiger partial charge in [-0.3, -0.25) is 10.1 Å². The van der Waals surface area contributed by atoms with E-state index < -0.39 is 11.6 Å². The van der Waals surface area contributed by atoms with Crippen LogP contribution in [0.15, 0.2) is 12.1 Å². The molecule has 0 radical (unpaired) electrons. The molecule has 1 amide bonds. The molecule has 6 rings (SSSR count). The molecule has 1 aromatic heterocycles. The van der Waals surface area contributed by atoms with Crippen molar-refractivity contribution in [1.82, 2.24) is 9.97 Å². The molecule has 1 heterocycles. The SMILES string of the molecule is CC12CC3CC(C)(C1)CC(C(=O)Nc1nc4cc(F)c(F)cc4[nH]1)(C3)C2. The number of hydrogen-bond donors (Lipinski definition) is 2. The Morgan fingerprint density at radius 3 is 2.42 bits per heavy atom. The van der Waals surface area contributed by atoms with Gasteiger partial charge in [0, 0.05) is 12.1 Å². The molecule has 2 atom stereocenters. The fourth-order valence-corrected chi connectivity index (χ4v) is 7.01. The number of H-pyrrole nitrogens is 1. The van der Waals surface area contributed by atoms with E-state index in [0.29, 0.717) is 17.0 Å². The second-order valence-corrected chi connectivity index (χ2v) is 9.73. The van der Waals surface area contributed by atoms with Crippen LogP contribution in [-0.4, -0.2) is 15.9 Å². The molecule has 1 aromatic carbocycles. The first kappa shape index (κ1) is 16.2. The van der Waals surface area contributed by atoms with E-state index in [2.05, 4.69) is 29.1 Å². The molecule has 2 aromatic rings. The molecule has 4 aliphatic carbocycles. The number of aromatic amines is 1. The van der Waals surface area contributed by atoms with Crippen molar-refractivity contribution in [2.75, 3.05) is 5.32 Å². The molecule has 2 unspecified atom stereocenters. The standard InChI is InChI=1S/C20H23F2N3O/c1-18-5-11-6-19(2,8-18)10-20(7-11,9-18)16(26)25-17-23-14-3-12(21)13(22)4-15(14)24-17/h3-4,11H,5-10H2,1-2H3,(H2,23,24,25,26). The number of amides is 1. The number of hydrogen-bond acceptors (Lipinski definition) is 2. The average molecular weight is 359 g/mol. The topological polar surface area (TPSA) is 57.8 Å². The maximum atomic E-state index is 13.4. The zero-order chi connectivity index (χ0) is 18.3. The lowest BCUT2D eigenvalue weighted by Crippen LogP contribution is -2.58. The van der Waals surface area contributed by atoms with Crippen molar-refractivity contribution < 1.29 is 13.6 Å². The van der Waals surface area contributed by atoms with Gasteiger partial charge in [0.05, 0.1) is 16.4 Å². The van der Waals surface area contributed by atoms with Crippen molar-refractivity contribution in [3.8, 4) is 0 Å². The third-order valence-corrected chi connectivity index (χ3v) is 6.86. The number of aromatic nitrogens is 2. The third-order valence-electron chi connectivity index (χ3n) is 6.86. The molecule has 4 saturated carbocycles. The van der Waals surface area contributed by atoms with Gasteiger partial charge in [-0.15, -0.1) is 0 Å². The van der Waals surface area contributed by atoms with Crippen molar-refractivity contribution >= 4 is 22.9 Å². The van der Waals surface area contributed by atoms with Gasteiger partial charge in [-0.1, -0.05) is 13.8 Å². The van der Waals surface area contributed by atoms with Crippen molar-refractivity contribution in [2.24, 2.45) is 22.2 Å². The molecule has 0 spiro atoms. The van der Waals surface area contributed by atoms with E-state index in [0.717, 1.165) is 31.4 Å². The van der Waals surface area contributed by atoms with Gasteiger partial charge in [0.2, 0.25) is 11.9 Å². The van der Waals surface area contributed by atoms with Crippen LogP contribution in [0.4, 0.5) is 14.7 Å². The van der Waals surface area contributed by atoms with Crippen LogP contribution in [0.3, 0.4) is 0 Å². The van der Waals surface area contributed by atoms with E-state index >= 15 is 0 Å². The van der Waals surface area contributed by atoms with E-state index in [-0.39, 0.29) is 28.1 Å². The zero-order valence-electron chi connectivity index (χ0n) is 15.1. The molecule has 2 N–H and O–H groups in total. The summed E-state index contributed by atoms with van der Waals surface area (Å²) in [6.45, 7) is 4.65. The van der Waals surface area contributed by atoms with Gasteiger partial charge >= 0.3 is 0 Å². The van der Waals surface area contributed by atoms with Crippen LogP contribution in [0.2, 0.25) is 0 Å². The molecule has 6 heteroatoms. The summed E-state index contributed by atoms with van der Waals surface area (Å²) in [5.74, 6) is -0.990. The van der Waals surface area contributed by atoms with Crippen LogP contribution in [0.1, 0.15) is 52.4 Å². The molecule has 4 bridgehead atoms. The fourth-order valence-electron chi connectivity index (χ4n) is 7.01. The summed E-state index contributed by atoms with van der Waals surface area (Å²) in [5.41, 5.74) is 0.822. The number of carbonyl (C=O) groups is 1. The Hall–Kier alpha value is -1.98. The largest absolute Gasteiger partial charge is 0.324 e. The molecule has 0 aliphatic heterocycles. The van der Waals surface area contributed by atoms with Crippen molar-refractivity contribution in [1.29, 1.82) is 0 Å². The summed E-state index contributed by atoms with van der Waals surface area (Å²) in [7, 11) is 0. The van der Waals surface area contributed by atoms with E-state index in [4.69, 9.17) is 0 Å². The molecular weight excluding hydrogens is 336 g/mol. The normalized spacial score (nSPS) is 38.1. The Bertz CT molecular complexity index is 880. The number of anilines is 1. The molecule has 26 heavy (non-hydrogen) atoms. The number of imidazole rings is 1. The third kappa shape index (κ3) is 2.30. The van der Waals surface area contributed by atoms with E-state index in [1.807, 2.05) is 0 Å². The van der Waals surface area contributed by atoms with Gasteiger partial charge in [-0.25, -0.2) is 13.8 Å². The Morgan fingerprint density at radius 2 is 1.77 bits per heavy atom. The highest BCUT2D eigenvalue weighted by Crippen LogP contribution is 2.69. The highest BCUT2D eigenvalue weighted by atomic mass is 19.2. The second-order valence-electron chi connectivity index (χ2n) is 9.73. The van der Waals surface area contributed by atoms with Crippen LogP contribution in [-0.2, 0) is 4.79 Å². The quantitative estimate of drug-likeness (QED) is 0.811. The van der Waals surface area contributed by atoms with Crippen LogP contribution in [0, 0.1) is 33.8 Å². The fraction of sp³-hybridized carbons (Fsp3) is 0.600. The van der Waals surface area contributed by atoms with Crippen molar-refractivity contribution in [3.05, 3.63) is 23.8 Å². The number of halogens is 2. The molecule has 4 fully saturated rings.